The highest BCUT2D eigenvalue weighted by Gasteiger charge is 2.23. The van der Waals surface area contributed by atoms with Gasteiger partial charge in [-0.3, -0.25) is 0 Å². The Kier molecular flexibility index (Phi) is 5.34. The lowest BCUT2D eigenvalue weighted by molar-refractivity contribution is 0.474. The topological polar surface area (TPSA) is 50.3 Å². The first-order chi connectivity index (χ1) is 8.43. The van der Waals surface area contributed by atoms with E-state index in [1.807, 2.05) is 0 Å². The van der Waals surface area contributed by atoms with E-state index in [4.69, 9.17) is 23.2 Å². The number of halogens is 2. The summed E-state index contributed by atoms with van der Waals surface area (Å²) in [5.74, 6) is 0. The lowest BCUT2D eigenvalue weighted by atomic mass is 10.5. The van der Waals surface area contributed by atoms with Crippen LogP contribution in [0.2, 0.25) is 10.2 Å². The van der Waals surface area contributed by atoms with Crippen LogP contribution in [0.5, 0.6) is 0 Å². The van der Waals surface area contributed by atoms with Gasteiger partial charge in [0.15, 0.2) is 0 Å². The van der Waals surface area contributed by atoms with Crippen molar-refractivity contribution in [2.45, 2.75) is 4.90 Å². The normalized spacial score (nSPS) is 11.5. The quantitative estimate of drug-likeness (QED) is 0.600. The van der Waals surface area contributed by atoms with Crippen molar-refractivity contribution in [3.8, 4) is 0 Å². The molecule has 98 valence electrons. The Morgan fingerprint density at radius 1 is 1.28 bits per heavy atom. The smallest absolute Gasteiger partial charge is 0.242 e. The van der Waals surface area contributed by atoms with Crippen molar-refractivity contribution in [3.05, 3.63) is 47.7 Å². The molecule has 0 amide bonds. The Hall–Kier alpha value is -0.880. The highest BCUT2D eigenvalue weighted by molar-refractivity contribution is 7.89. The fraction of sp³-hybridized carbons (Fsp3) is 0.182. The van der Waals surface area contributed by atoms with Crippen LogP contribution >= 0.6 is 23.2 Å². The fourth-order valence-corrected chi connectivity index (χ4v) is 2.94. The molecule has 0 aliphatic rings. The molecule has 0 atom stereocenters. The van der Waals surface area contributed by atoms with E-state index < -0.39 is 10.0 Å². The Balaban J connectivity index is 3.21. The maximum absolute atomic E-state index is 12.3. The number of rotatable bonds is 6. The molecular weight excluding hydrogens is 295 g/mol. The summed E-state index contributed by atoms with van der Waals surface area (Å²) in [6.07, 6.45) is 4.15. The molecule has 0 bridgehead atoms. The molecule has 1 heterocycles. The minimum absolute atomic E-state index is 0.0133. The minimum Gasteiger partial charge on any atom is -0.242 e. The fourth-order valence-electron chi connectivity index (χ4n) is 1.25. The van der Waals surface area contributed by atoms with E-state index in [1.165, 1.54) is 28.7 Å². The van der Waals surface area contributed by atoms with Crippen LogP contribution in [0, 0.1) is 0 Å². The van der Waals surface area contributed by atoms with Gasteiger partial charge in [0.25, 0.3) is 0 Å². The molecule has 0 spiro atoms. The number of hydrogen-bond acceptors (Lipinski definition) is 3. The van der Waals surface area contributed by atoms with Gasteiger partial charge in [0.05, 0.1) is 5.02 Å². The van der Waals surface area contributed by atoms with Gasteiger partial charge < -0.3 is 0 Å². The Morgan fingerprint density at radius 2 is 1.83 bits per heavy atom. The van der Waals surface area contributed by atoms with Gasteiger partial charge in [-0.2, -0.15) is 4.31 Å². The maximum atomic E-state index is 12.3. The molecule has 0 aliphatic heterocycles. The van der Waals surface area contributed by atoms with Crippen molar-refractivity contribution < 1.29 is 8.42 Å². The Labute approximate surface area is 117 Å². The van der Waals surface area contributed by atoms with Crippen LogP contribution in [0.3, 0.4) is 0 Å². The lowest BCUT2D eigenvalue weighted by Crippen LogP contribution is -2.31. The summed E-state index contributed by atoms with van der Waals surface area (Å²) < 4.78 is 25.7. The van der Waals surface area contributed by atoms with E-state index >= 15 is 0 Å². The summed E-state index contributed by atoms with van der Waals surface area (Å²) in [6, 6.07) is 1.27. The van der Waals surface area contributed by atoms with Crippen molar-refractivity contribution >= 4 is 33.2 Å². The SMILES string of the molecule is C=CCN(CC=C)S(=O)(=O)c1cnc(Cl)c(Cl)c1. The average Bonchev–Trinajstić information content (AvgIpc) is 2.32. The Bertz CT molecular complexity index is 548. The van der Waals surface area contributed by atoms with Crippen LogP contribution in [-0.4, -0.2) is 30.8 Å². The van der Waals surface area contributed by atoms with Crippen LogP contribution in [-0.2, 0) is 10.0 Å². The van der Waals surface area contributed by atoms with E-state index in [1.54, 1.807) is 0 Å². The van der Waals surface area contributed by atoms with Crippen molar-refractivity contribution in [1.82, 2.24) is 9.29 Å². The van der Waals surface area contributed by atoms with Crippen LogP contribution in [0.1, 0.15) is 0 Å². The molecule has 0 saturated heterocycles. The van der Waals surface area contributed by atoms with Gasteiger partial charge in [0.2, 0.25) is 10.0 Å². The molecule has 0 aromatic carbocycles. The van der Waals surface area contributed by atoms with E-state index in [-0.39, 0.29) is 28.2 Å². The van der Waals surface area contributed by atoms with Crippen LogP contribution in [0.25, 0.3) is 0 Å². The largest absolute Gasteiger partial charge is 0.245 e. The van der Waals surface area contributed by atoms with Crippen LogP contribution in [0.4, 0.5) is 0 Å². The molecule has 0 radical (unpaired) electrons. The number of pyridine rings is 1. The monoisotopic (exact) mass is 306 g/mol. The third kappa shape index (κ3) is 3.32. The third-order valence-corrected chi connectivity index (χ3v) is 4.56. The zero-order valence-corrected chi connectivity index (χ0v) is 11.8. The predicted molar refractivity (Wildman–Crippen MR) is 73.4 cm³/mol. The maximum Gasteiger partial charge on any atom is 0.245 e. The van der Waals surface area contributed by atoms with Crippen LogP contribution in [0.15, 0.2) is 42.5 Å². The van der Waals surface area contributed by atoms with Crippen molar-refractivity contribution in [3.63, 3.8) is 0 Å². The molecule has 0 aliphatic carbocycles. The zero-order chi connectivity index (χ0) is 13.8. The third-order valence-electron chi connectivity index (χ3n) is 2.07. The standard InChI is InChI=1S/C11H12Cl2N2O2S/c1-3-5-15(6-4-2)18(16,17)9-7-10(12)11(13)14-8-9/h3-4,7-8H,1-2,5-6H2. The summed E-state index contributed by atoms with van der Waals surface area (Å²) in [5, 5.41) is 0.157. The van der Waals surface area contributed by atoms with E-state index in [0.717, 1.165) is 0 Å². The first kappa shape index (κ1) is 15.2. The van der Waals surface area contributed by atoms with Crippen LogP contribution < -0.4 is 0 Å². The average molecular weight is 307 g/mol. The van der Waals surface area contributed by atoms with E-state index in [9.17, 15) is 8.42 Å². The second kappa shape index (κ2) is 6.33. The van der Waals surface area contributed by atoms with Gasteiger partial charge >= 0.3 is 0 Å². The van der Waals surface area contributed by atoms with E-state index in [2.05, 4.69) is 18.1 Å². The summed E-state index contributed by atoms with van der Waals surface area (Å²) >= 11 is 11.4. The number of hydrogen-bond donors (Lipinski definition) is 0. The Morgan fingerprint density at radius 3 is 2.28 bits per heavy atom. The molecule has 1 aromatic heterocycles. The van der Waals surface area contributed by atoms with Gasteiger partial charge in [-0.05, 0) is 6.07 Å². The first-order valence-corrected chi connectivity index (χ1v) is 7.16. The van der Waals surface area contributed by atoms with Gasteiger partial charge in [0.1, 0.15) is 10.0 Å². The summed E-state index contributed by atoms with van der Waals surface area (Å²) in [7, 11) is -3.68. The predicted octanol–water partition coefficient (Wildman–Crippen LogP) is 2.75. The lowest BCUT2D eigenvalue weighted by Gasteiger charge is -2.18. The molecule has 4 nitrogen and oxygen atoms in total. The van der Waals surface area contributed by atoms with E-state index in [0.29, 0.717) is 0 Å². The number of aromatic nitrogens is 1. The van der Waals surface area contributed by atoms with Gasteiger partial charge in [-0.1, -0.05) is 35.4 Å². The molecule has 0 unspecified atom stereocenters. The second-order valence-corrected chi connectivity index (χ2v) is 6.05. The van der Waals surface area contributed by atoms with Gasteiger partial charge in [-0.25, -0.2) is 13.4 Å². The zero-order valence-electron chi connectivity index (χ0n) is 9.51. The van der Waals surface area contributed by atoms with Crippen molar-refractivity contribution in [1.29, 1.82) is 0 Å². The van der Waals surface area contributed by atoms with Crippen molar-refractivity contribution in [2.75, 3.05) is 13.1 Å². The van der Waals surface area contributed by atoms with Gasteiger partial charge in [0, 0.05) is 19.3 Å². The van der Waals surface area contributed by atoms with Crippen molar-refractivity contribution in [2.24, 2.45) is 0 Å². The molecule has 7 heteroatoms. The summed E-state index contributed by atoms with van der Waals surface area (Å²) in [5.41, 5.74) is 0. The number of nitrogens with zero attached hydrogens (tertiary/aromatic N) is 2. The second-order valence-electron chi connectivity index (χ2n) is 3.34. The highest BCUT2D eigenvalue weighted by atomic mass is 35.5. The molecule has 1 rings (SSSR count). The highest BCUT2D eigenvalue weighted by Crippen LogP contribution is 2.24. The van der Waals surface area contributed by atoms with Gasteiger partial charge in [-0.15, -0.1) is 13.2 Å². The number of sulfonamides is 1. The first-order valence-electron chi connectivity index (χ1n) is 4.96. The molecule has 0 fully saturated rings. The summed E-state index contributed by atoms with van der Waals surface area (Å²) in [4.78, 5) is 3.71. The molecule has 18 heavy (non-hydrogen) atoms. The molecule has 0 N–H and O–H groups in total. The minimum atomic E-state index is -3.68. The molecule has 1 aromatic rings. The molecule has 0 saturated carbocycles. The molecular formula is C11H12Cl2N2O2S. The summed E-state index contributed by atoms with van der Waals surface area (Å²) in [6.45, 7) is 7.39.